The normalized spacial score (nSPS) is 40.0. The van der Waals surface area contributed by atoms with Crippen molar-refractivity contribution in [3.63, 3.8) is 0 Å². The van der Waals surface area contributed by atoms with Gasteiger partial charge in [-0.3, -0.25) is 0 Å². The third-order valence-electron chi connectivity index (χ3n) is 2.73. The molecule has 1 aliphatic rings. The minimum atomic E-state index is -0.985. The van der Waals surface area contributed by atoms with E-state index in [0.29, 0.717) is 6.29 Å². The average Bonchev–Trinajstić information content (AvgIpc) is 2.21. The second-order valence-corrected chi connectivity index (χ2v) is 4.14. The predicted octanol–water partition coefficient (Wildman–Crippen LogP) is -1.40. The number of aliphatic hydroxyl groups is 2. The summed E-state index contributed by atoms with van der Waals surface area (Å²) in [6, 6.07) is -0.472. The Hall–Kier alpha value is -0.530. The lowest BCUT2D eigenvalue weighted by atomic mass is 9.96. The number of likely N-dealkylation sites (N-methyl/N-ethyl adjacent to an activating group) is 1. The van der Waals surface area contributed by atoms with Crippen LogP contribution in [0.5, 0.6) is 0 Å². The van der Waals surface area contributed by atoms with Crippen molar-refractivity contribution < 1.29 is 24.5 Å². The summed E-state index contributed by atoms with van der Waals surface area (Å²) in [7, 11) is 3.51. The second-order valence-electron chi connectivity index (χ2n) is 4.14. The molecule has 1 heterocycles. The summed E-state index contributed by atoms with van der Waals surface area (Å²) in [6.45, 7) is 1.56. The molecule has 0 amide bonds. The third-order valence-corrected chi connectivity index (χ3v) is 2.73. The highest BCUT2D eigenvalue weighted by Crippen LogP contribution is 2.24. The van der Waals surface area contributed by atoms with Crippen molar-refractivity contribution in [2.75, 3.05) is 20.7 Å². The minimum absolute atomic E-state index is 0.134. The Labute approximate surface area is 94.8 Å². The molecule has 0 aromatic rings. The number of carbonyl (C=O) groups excluding carboxylic acids is 1. The van der Waals surface area contributed by atoms with Crippen LogP contribution < -0.4 is 0 Å². The molecule has 1 unspecified atom stereocenters. The van der Waals surface area contributed by atoms with Gasteiger partial charge in [0, 0.05) is 0 Å². The van der Waals surface area contributed by atoms with Crippen LogP contribution in [0, 0.1) is 0 Å². The zero-order chi connectivity index (χ0) is 12.3. The largest absolute Gasteiger partial charge is 0.389 e. The molecule has 0 aliphatic carbocycles. The van der Waals surface area contributed by atoms with E-state index < -0.39 is 30.6 Å². The van der Waals surface area contributed by atoms with Crippen LogP contribution in [-0.4, -0.2) is 72.7 Å². The third kappa shape index (κ3) is 2.78. The van der Waals surface area contributed by atoms with Gasteiger partial charge in [-0.15, -0.1) is 0 Å². The molecule has 0 bridgehead atoms. The molecular formula is C10H19NO5. The van der Waals surface area contributed by atoms with Crippen LogP contribution in [0.15, 0.2) is 0 Å². The van der Waals surface area contributed by atoms with Crippen molar-refractivity contribution in [1.82, 2.24) is 4.90 Å². The molecule has 0 radical (unpaired) electrons. The number of nitrogens with zero attached hydrogens (tertiary/aromatic N) is 1. The molecule has 1 fully saturated rings. The Bertz CT molecular complexity index is 235. The topological polar surface area (TPSA) is 79.2 Å². The van der Waals surface area contributed by atoms with E-state index in [2.05, 4.69) is 0 Å². The molecule has 5 atom stereocenters. The van der Waals surface area contributed by atoms with Crippen LogP contribution in [0.3, 0.4) is 0 Å². The van der Waals surface area contributed by atoms with E-state index in [0.717, 1.165) is 0 Å². The summed E-state index contributed by atoms with van der Waals surface area (Å²) in [5, 5.41) is 19.8. The van der Waals surface area contributed by atoms with E-state index in [1.54, 1.807) is 25.9 Å². The second kappa shape index (κ2) is 5.70. The first kappa shape index (κ1) is 13.5. The van der Waals surface area contributed by atoms with Crippen molar-refractivity contribution in [1.29, 1.82) is 0 Å². The maximum absolute atomic E-state index is 10.2. The van der Waals surface area contributed by atoms with Gasteiger partial charge in [0.2, 0.25) is 0 Å². The molecule has 94 valence electrons. The zero-order valence-electron chi connectivity index (χ0n) is 9.74. The Kier molecular flexibility index (Phi) is 4.82. The summed E-state index contributed by atoms with van der Waals surface area (Å²) in [4.78, 5) is 11.9. The van der Waals surface area contributed by atoms with Crippen molar-refractivity contribution >= 4 is 6.29 Å². The van der Waals surface area contributed by atoms with Gasteiger partial charge in [0.15, 0.2) is 6.29 Å². The van der Waals surface area contributed by atoms with E-state index >= 15 is 0 Å². The van der Waals surface area contributed by atoms with Crippen LogP contribution >= 0.6 is 0 Å². The number of hydrogen-bond donors (Lipinski definition) is 2. The fourth-order valence-electron chi connectivity index (χ4n) is 1.90. The monoisotopic (exact) mass is 233 g/mol. The quantitative estimate of drug-likeness (QED) is 0.581. The molecule has 0 aromatic carbocycles. The molecule has 16 heavy (non-hydrogen) atoms. The van der Waals surface area contributed by atoms with Gasteiger partial charge in [0.05, 0.1) is 18.2 Å². The highest BCUT2D eigenvalue weighted by Gasteiger charge is 2.44. The van der Waals surface area contributed by atoms with Crippen LogP contribution in [0.1, 0.15) is 6.92 Å². The number of aliphatic hydroxyl groups excluding tert-OH is 2. The highest BCUT2D eigenvalue weighted by molar-refractivity contribution is 5.50. The van der Waals surface area contributed by atoms with E-state index in [-0.39, 0.29) is 6.61 Å². The van der Waals surface area contributed by atoms with Crippen LogP contribution in [0.4, 0.5) is 0 Å². The summed E-state index contributed by atoms with van der Waals surface area (Å²) in [5.41, 5.74) is 0. The van der Waals surface area contributed by atoms with Gasteiger partial charge in [-0.05, 0) is 21.0 Å². The number of aldehydes is 1. The number of ether oxygens (including phenoxy) is 2. The van der Waals surface area contributed by atoms with Crippen LogP contribution in [0.2, 0.25) is 0 Å². The van der Waals surface area contributed by atoms with E-state index in [9.17, 15) is 15.0 Å². The van der Waals surface area contributed by atoms with Gasteiger partial charge in [-0.1, -0.05) is 0 Å². The minimum Gasteiger partial charge on any atom is -0.389 e. The Morgan fingerprint density at radius 3 is 2.50 bits per heavy atom. The van der Waals surface area contributed by atoms with E-state index in [1.807, 2.05) is 0 Å². The lowest BCUT2D eigenvalue weighted by Gasteiger charge is -2.44. The molecule has 6 nitrogen and oxygen atoms in total. The summed E-state index contributed by atoms with van der Waals surface area (Å²) in [6.07, 6.45) is -2.51. The first-order valence-corrected chi connectivity index (χ1v) is 5.22. The molecular weight excluding hydrogens is 214 g/mol. The molecule has 1 saturated heterocycles. The van der Waals surface area contributed by atoms with Gasteiger partial charge in [-0.25, -0.2) is 0 Å². The van der Waals surface area contributed by atoms with E-state index in [4.69, 9.17) is 9.47 Å². The van der Waals surface area contributed by atoms with Gasteiger partial charge < -0.3 is 29.4 Å². The lowest BCUT2D eigenvalue weighted by molar-refractivity contribution is -0.277. The van der Waals surface area contributed by atoms with Crippen LogP contribution in [-0.2, 0) is 14.3 Å². The lowest BCUT2D eigenvalue weighted by Crippen LogP contribution is -2.62. The van der Waals surface area contributed by atoms with Crippen molar-refractivity contribution in [3.05, 3.63) is 0 Å². The Morgan fingerprint density at radius 2 is 2.00 bits per heavy atom. The highest BCUT2D eigenvalue weighted by atomic mass is 16.7. The zero-order valence-corrected chi connectivity index (χ0v) is 9.74. The SMILES string of the molecule is C[C@H]1OC(OCC=O)[C@@H](O)[C@@H](N(C)C)[C@@H]1O. The van der Waals surface area contributed by atoms with Gasteiger partial charge in [0.25, 0.3) is 0 Å². The van der Waals surface area contributed by atoms with Crippen molar-refractivity contribution in [2.45, 2.75) is 37.6 Å². The fourth-order valence-corrected chi connectivity index (χ4v) is 1.90. The Morgan fingerprint density at radius 1 is 1.38 bits per heavy atom. The van der Waals surface area contributed by atoms with Gasteiger partial charge in [0.1, 0.15) is 19.0 Å². The first-order valence-electron chi connectivity index (χ1n) is 5.22. The number of hydrogen-bond acceptors (Lipinski definition) is 6. The molecule has 2 N–H and O–H groups in total. The molecule has 1 rings (SSSR count). The maximum atomic E-state index is 10.2. The molecule has 6 heteroatoms. The first-order chi connectivity index (χ1) is 7.49. The Balaban J connectivity index is 2.71. The number of carbonyl (C=O) groups is 1. The summed E-state index contributed by atoms with van der Waals surface area (Å²) in [5.74, 6) is 0. The van der Waals surface area contributed by atoms with Crippen molar-refractivity contribution in [3.8, 4) is 0 Å². The predicted molar refractivity (Wildman–Crippen MR) is 55.8 cm³/mol. The van der Waals surface area contributed by atoms with Gasteiger partial charge in [-0.2, -0.15) is 0 Å². The molecule has 0 saturated carbocycles. The smallest absolute Gasteiger partial charge is 0.186 e. The molecule has 1 aliphatic heterocycles. The summed E-state index contributed by atoms with van der Waals surface area (Å²) >= 11 is 0. The summed E-state index contributed by atoms with van der Waals surface area (Å²) < 4.78 is 10.4. The molecule has 0 spiro atoms. The van der Waals surface area contributed by atoms with Crippen LogP contribution in [0.25, 0.3) is 0 Å². The van der Waals surface area contributed by atoms with Gasteiger partial charge >= 0.3 is 0 Å². The fraction of sp³-hybridized carbons (Fsp3) is 0.900. The maximum Gasteiger partial charge on any atom is 0.186 e. The van der Waals surface area contributed by atoms with E-state index in [1.165, 1.54) is 0 Å². The van der Waals surface area contributed by atoms with Crippen molar-refractivity contribution in [2.24, 2.45) is 0 Å². The average molecular weight is 233 g/mol. The standard InChI is InChI=1S/C10H19NO5/c1-6-8(13)7(11(2)3)9(14)10(16-6)15-5-4-12/h4,6-10,13-14H,5H2,1-3H3/t6-,7+,8-,9+,10?/m1/s1. The molecule has 0 aromatic heterocycles. The number of rotatable bonds is 4.